The van der Waals surface area contributed by atoms with Gasteiger partial charge in [0.1, 0.15) is 12.1 Å². The molecule has 0 bridgehead atoms. The van der Waals surface area contributed by atoms with Gasteiger partial charge >= 0.3 is 0 Å². The molecule has 3 aromatic rings. The number of anilines is 1. The Morgan fingerprint density at radius 2 is 2.00 bits per heavy atom. The molecule has 148 valence electrons. The second-order valence-electron chi connectivity index (χ2n) is 7.35. The molecular weight excluding hydrogens is 358 g/mol. The summed E-state index contributed by atoms with van der Waals surface area (Å²) in [5, 5.41) is 4.32. The summed E-state index contributed by atoms with van der Waals surface area (Å²) in [6, 6.07) is 2.02. The molecule has 4 heterocycles. The normalized spacial score (nSPS) is 15.5. The first-order valence-electron chi connectivity index (χ1n) is 9.53. The highest BCUT2D eigenvalue weighted by Gasteiger charge is 2.23. The van der Waals surface area contributed by atoms with Crippen LogP contribution in [-0.2, 0) is 17.9 Å². The molecule has 1 aliphatic heterocycles. The fourth-order valence-corrected chi connectivity index (χ4v) is 3.72. The third-order valence-electron chi connectivity index (χ3n) is 5.49. The summed E-state index contributed by atoms with van der Waals surface area (Å²) in [4.78, 5) is 27.8. The molecule has 0 saturated carbocycles. The molecule has 9 heteroatoms. The minimum Gasteiger partial charge on any atom is -0.378 e. The quantitative estimate of drug-likeness (QED) is 0.657. The Labute approximate surface area is 163 Å². The Morgan fingerprint density at radius 3 is 2.75 bits per heavy atom. The molecule has 1 aliphatic rings. The maximum atomic E-state index is 12.4. The molecule has 28 heavy (non-hydrogen) atoms. The molecule has 0 unspecified atom stereocenters. The Bertz CT molecular complexity index is 1030. The van der Waals surface area contributed by atoms with Crippen LogP contribution in [0.5, 0.6) is 0 Å². The number of aromatic nitrogens is 6. The van der Waals surface area contributed by atoms with Gasteiger partial charge in [0, 0.05) is 44.1 Å². The van der Waals surface area contributed by atoms with E-state index in [-0.39, 0.29) is 5.56 Å². The fraction of sp³-hybridized carbons (Fsp3) is 0.526. The molecule has 4 rings (SSSR count). The molecule has 0 N–H and O–H groups in total. The molecule has 1 fully saturated rings. The van der Waals surface area contributed by atoms with Crippen molar-refractivity contribution in [1.82, 2.24) is 29.1 Å². The molecule has 0 aromatic carbocycles. The topological polar surface area (TPSA) is 90.4 Å². The molecule has 0 atom stereocenters. The predicted molar refractivity (Wildman–Crippen MR) is 104 cm³/mol. The molecule has 1 saturated heterocycles. The van der Waals surface area contributed by atoms with Gasteiger partial charge in [-0.1, -0.05) is 0 Å². The lowest BCUT2D eigenvalue weighted by Gasteiger charge is -2.33. The van der Waals surface area contributed by atoms with Crippen LogP contribution in [0.25, 0.3) is 5.78 Å². The first kappa shape index (κ1) is 18.5. The summed E-state index contributed by atoms with van der Waals surface area (Å²) in [7, 11) is 1.66. The molecule has 3 aromatic heterocycles. The second kappa shape index (κ2) is 7.67. The number of hydrogen-bond donors (Lipinski definition) is 0. The maximum absolute atomic E-state index is 12.4. The van der Waals surface area contributed by atoms with E-state index in [1.165, 1.54) is 6.33 Å². The summed E-state index contributed by atoms with van der Waals surface area (Å²) >= 11 is 0. The van der Waals surface area contributed by atoms with Crippen LogP contribution in [0.15, 0.2) is 23.5 Å². The van der Waals surface area contributed by atoms with E-state index < -0.39 is 0 Å². The van der Waals surface area contributed by atoms with Crippen molar-refractivity contribution in [2.45, 2.75) is 39.8 Å². The van der Waals surface area contributed by atoms with E-state index >= 15 is 0 Å². The smallest absolute Gasteiger partial charge is 0.256 e. The second-order valence-corrected chi connectivity index (χ2v) is 7.35. The minimum absolute atomic E-state index is 0.0672. The Balaban J connectivity index is 1.49. The number of aryl methyl sites for hydroxylation is 1. The van der Waals surface area contributed by atoms with E-state index in [2.05, 4.69) is 25.0 Å². The van der Waals surface area contributed by atoms with E-state index in [0.717, 1.165) is 48.7 Å². The number of piperidine rings is 1. The SMILES string of the molecule is COCc1cc(N2CCC(Cn3cnc(C)c(C)c3=O)CC2)n2ncnc2n1. The minimum atomic E-state index is 0.0672. The lowest BCUT2D eigenvalue weighted by molar-refractivity contribution is 0.181. The third-order valence-corrected chi connectivity index (χ3v) is 5.49. The molecule has 0 aliphatic carbocycles. The van der Waals surface area contributed by atoms with Crippen LogP contribution >= 0.6 is 0 Å². The van der Waals surface area contributed by atoms with Gasteiger partial charge in [-0.25, -0.2) is 9.97 Å². The molecule has 0 amide bonds. The van der Waals surface area contributed by atoms with Gasteiger partial charge in [-0.2, -0.15) is 14.6 Å². The summed E-state index contributed by atoms with van der Waals surface area (Å²) < 4.78 is 8.76. The molecule has 0 radical (unpaired) electrons. The van der Waals surface area contributed by atoms with Crippen LogP contribution in [0, 0.1) is 19.8 Å². The van der Waals surface area contributed by atoms with Gasteiger partial charge in [0.15, 0.2) is 0 Å². The van der Waals surface area contributed by atoms with Gasteiger partial charge in [-0.05, 0) is 32.6 Å². The van der Waals surface area contributed by atoms with Crippen LogP contribution in [0.3, 0.4) is 0 Å². The standard InChI is InChI=1S/C19H25N7O2/c1-13-14(2)21-12-25(18(13)27)9-15-4-6-24(7-5-15)17-8-16(10-28-3)23-19-20-11-22-26(17)19/h8,11-12,15H,4-7,9-10H2,1-3H3. The van der Waals surface area contributed by atoms with Crippen molar-refractivity contribution >= 4 is 11.6 Å². The summed E-state index contributed by atoms with van der Waals surface area (Å²) in [6.07, 6.45) is 5.19. The third kappa shape index (κ3) is 3.49. The van der Waals surface area contributed by atoms with E-state index in [0.29, 0.717) is 24.8 Å². The van der Waals surface area contributed by atoms with Crippen molar-refractivity contribution in [2.24, 2.45) is 5.92 Å². The van der Waals surface area contributed by atoms with Crippen LogP contribution in [-0.4, -0.2) is 49.3 Å². The number of hydrogen-bond acceptors (Lipinski definition) is 7. The molecular formula is C19H25N7O2. The zero-order valence-electron chi connectivity index (χ0n) is 16.5. The van der Waals surface area contributed by atoms with Gasteiger partial charge in [-0.15, -0.1) is 0 Å². The Morgan fingerprint density at radius 1 is 1.21 bits per heavy atom. The van der Waals surface area contributed by atoms with Crippen molar-refractivity contribution in [3.8, 4) is 0 Å². The number of fused-ring (bicyclic) bond motifs is 1. The van der Waals surface area contributed by atoms with Gasteiger partial charge in [0.25, 0.3) is 11.3 Å². The zero-order valence-corrected chi connectivity index (χ0v) is 16.5. The lowest BCUT2D eigenvalue weighted by Crippen LogP contribution is -2.37. The number of methoxy groups -OCH3 is 1. The largest absolute Gasteiger partial charge is 0.378 e. The highest BCUT2D eigenvalue weighted by Crippen LogP contribution is 2.25. The van der Waals surface area contributed by atoms with Crippen molar-refractivity contribution in [2.75, 3.05) is 25.1 Å². The van der Waals surface area contributed by atoms with E-state index in [1.807, 2.05) is 19.9 Å². The van der Waals surface area contributed by atoms with Crippen molar-refractivity contribution in [1.29, 1.82) is 0 Å². The summed E-state index contributed by atoms with van der Waals surface area (Å²) in [6.45, 7) is 6.65. The zero-order chi connectivity index (χ0) is 19.7. The summed E-state index contributed by atoms with van der Waals surface area (Å²) in [5.74, 6) is 2.02. The average molecular weight is 383 g/mol. The summed E-state index contributed by atoms with van der Waals surface area (Å²) in [5.41, 5.74) is 2.44. The molecule has 0 spiro atoms. The van der Waals surface area contributed by atoms with Gasteiger partial charge in [0.2, 0.25) is 0 Å². The first-order valence-corrected chi connectivity index (χ1v) is 9.53. The first-order chi connectivity index (χ1) is 13.6. The number of ether oxygens (including phenoxy) is 1. The predicted octanol–water partition coefficient (Wildman–Crippen LogP) is 1.36. The van der Waals surface area contributed by atoms with Crippen molar-refractivity contribution in [3.05, 3.63) is 46.0 Å². The lowest BCUT2D eigenvalue weighted by atomic mass is 9.96. The average Bonchev–Trinajstić information content (AvgIpc) is 3.17. The highest BCUT2D eigenvalue weighted by atomic mass is 16.5. The number of nitrogens with zero attached hydrogens (tertiary/aromatic N) is 7. The van der Waals surface area contributed by atoms with Crippen LogP contribution in [0.4, 0.5) is 5.82 Å². The van der Waals surface area contributed by atoms with Crippen molar-refractivity contribution in [3.63, 3.8) is 0 Å². The Kier molecular flexibility index (Phi) is 5.08. The van der Waals surface area contributed by atoms with E-state index in [9.17, 15) is 4.79 Å². The van der Waals surface area contributed by atoms with Gasteiger partial charge in [0.05, 0.1) is 18.6 Å². The van der Waals surface area contributed by atoms with E-state index in [4.69, 9.17) is 4.74 Å². The van der Waals surface area contributed by atoms with E-state index in [1.54, 1.807) is 22.5 Å². The van der Waals surface area contributed by atoms with Crippen LogP contribution in [0.2, 0.25) is 0 Å². The Hall–Kier alpha value is -2.81. The monoisotopic (exact) mass is 383 g/mol. The van der Waals surface area contributed by atoms with Crippen LogP contribution < -0.4 is 10.5 Å². The number of rotatable bonds is 5. The van der Waals surface area contributed by atoms with Crippen LogP contribution in [0.1, 0.15) is 29.8 Å². The fourth-order valence-electron chi connectivity index (χ4n) is 3.72. The van der Waals surface area contributed by atoms with Crippen molar-refractivity contribution < 1.29 is 4.74 Å². The maximum Gasteiger partial charge on any atom is 0.256 e. The van der Waals surface area contributed by atoms with Gasteiger partial charge < -0.3 is 9.64 Å². The molecule has 9 nitrogen and oxygen atoms in total. The highest BCUT2D eigenvalue weighted by molar-refractivity contribution is 5.47. The van der Waals surface area contributed by atoms with Gasteiger partial charge in [-0.3, -0.25) is 9.36 Å².